The standard InChI is InChI=1S/C15H28/c1-3-5-7-9-11-13-15-14-12-10-8-6-4-2/h7,9-10,12H,3-6,8,11,13-15H2,1-2H3/b9-7+,12-10+. The summed E-state index contributed by atoms with van der Waals surface area (Å²) in [6, 6.07) is 0. The second kappa shape index (κ2) is 13.5. The van der Waals surface area contributed by atoms with Crippen LogP contribution in [-0.4, -0.2) is 0 Å². The molecule has 0 fully saturated rings. The molecule has 0 aliphatic heterocycles. The van der Waals surface area contributed by atoms with Crippen LogP contribution in [0.5, 0.6) is 0 Å². The molecule has 0 spiro atoms. The predicted octanol–water partition coefficient (Wildman–Crippen LogP) is 5.65. The molecule has 15 heavy (non-hydrogen) atoms. The minimum Gasteiger partial charge on any atom is -0.0885 e. The summed E-state index contributed by atoms with van der Waals surface area (Å²) < 4.78 is 0. The smallest absolute Gasteiger partial charge is 0.0351 e. The first kappa shape index (κ1) is 14.5. The van der Waals surface area contributed by atoms with Crippen LogP contribution >= 0.6 is 0 Å². The highest BCUT2D eigenvalue weighted by atomic mass is 13.9. The number of allylic oxidation sites excluding steroid dienone is 4. The first-order valence-corrected chi connectivity index (χ1v) is 6.71. The Labute approximate surface area is 96.5 Å². The number of hydrogen-bond donors (Lipinski definition) is 0. The minimum atomic E-state index is 1.25. The Morgan fingerprint density at radius 3 is 1.47 bits per heavy atom. The molecule has 0 aliphatic carbocycles. The molecule has 0 radical (unpaired) electrons. The van der Waals surface area contributed by atoms with Crippen LogP contribution in [0.2, 0.25) is 0 Å². The minimum absolute atomic E-state index is 1.25. The second-order valence-electron chi connectivity index (χ2n) is 4.16. The summed E-state index contributed by atoms with van der Waals surface area (Å²) >= 11 is 0. The van der Waals surface area contributed by atoms with Gasteiger partial charge in [-0.2, -0.15) is 0 Å². The molecule has 0 aromatic rings. The van der Waals surface area contributed by atoms with E-state index in [1.807, 2.05) is 0 Å². The van der Waals surface area contributed by atoms with Gasteiger partial charge < -0.3 is 0 Å². The van der Waals surface area contributed by atoms with Gasteiger partial charge in [-0.05, 0) is 38.5 Å². The van der Waals surface area contributed by atoms with Crippen molar-refractivity contribution in [1.29, 1.82) is 0 Å². The lowest BCUT2D eigenvalue weighted by atomic mass is 10.1. The van der Waals surface area contributed by atoms with Gasteiger partial charge in [-0.1, -0.05) is 57.4 Å². The summed E-state index contributed by atoms with van der Waals surface area (Å²) in [5.74, 6) is 0. The third-order valence-corrected chi connectivity index (χ3v) is 2.50. The van der Waals surface area contributed by atoms with E-state index in [4.69, 9.17) is 0 Å². The summed E-state index contributed by atoms with van der Waals surface area (Å²) in [4.78, 5) is 0. The van der Waals surface area contributed by atoms with E-state index < -0.39 is 0 Å². The number of hydrogen-bond acceptors (Lipinski definition) is 0. The summed E-state index contributed by atoms with van der Waals surface area (Å²) in [5, 5.41) is 0. The maximum absolute atomic E-state index is 2.35. The van der Waals surface area contributed by atoms with E-state index in [0.717, 1.165) is 0 Å². The van der Waals surface area contributed by atoms with E-state index in [-0.39, 0.29) is 0 Å². The average molecular weight is 208 g/mol. The van der Waals surface area contributed by atoms with Gasteiger partial charge in [0.1, 0.15) is 0 Å². The van der Waals surface area contributed by atoms with Crippen LogP contribution in [0, 0.1) is 0 Å². The molecule has 88 valence electrons. The third-order valence-electron chi connectivity index (χ3n) is 2.50. The molecule has 0 saturated carbocycles. The first-order valence-electron chi connectivity index (χ1n) is 6.71. The topological polar surface area (TPSA) is 0 Å². The van der Waals surface area contributed by atoms with E-state index in [2.05, 4.69) is 38.2 Å². The summed E-state index contributed by atoms with van der Waals surface area (Å²) in [5.41, 5.74) is 0. The van der Waals surface area contributed by atoms with Crippen molar-refractivity contribution in [3.63, 3.8) is 0 Å². The molecule has 0 rings (SSSR count). The molecule has 0 heterocycles. The molecular formula is C15H28. The monoisotopic (exact) mass is 208 g/mol. The zero-order chi connectivity index (χ0) is 11.2. The van der Waals surface area contributed by atoms with E-state index in [9.17, 15) is 0 Å². The Kier molecular flexibility index (Phi) is 13.0. The highest BCUT2D eigenvalue weighted by molar-refractivity contribution is 4.83. The van der Waals surface area contributed by atoms with Gasteiger partial charge in [-0.3, -0.25) is 0 Å². The highest BCUT2D eigenvalue weighted by Crippen LogP contribution is 2.04. The Bertz CT molecular complexity index is 153. The predicted molar refractivity (Wildman–Crippen MR) is 71.2 cm³/mol. The molecule has 0 aromatic carbocycles. The largest absolute Gasteiger partial charge is 0.0885 e. The molecule has 0 aromatic heterocycles. The third kappa shape index (κ3) is 13.5. The normalized spacial score (nSPS) is 11.9. The Balaban J connectivity index is 3.07. The molecule has 0 saturated heterocycles. The van der Waals surface area contributed by atoms with Gasteiger partial charge in [-0.25, -0.2) is 0 Å². The van der Waals surface area contributed by atoms with Gasteiger partial charge in [0, 0.05) is 0 Å². The van der Waals surface area contributed by atoms with Gasteiger partial charge in [0.2, 0.25) is 0 Å². The molecule has 0 unspecified atom stereocenters. The van der Waals surface area contributed by atoms with Crippen molar-refractivity contribution in [1.82, 2.24) is 0 Å². The van der Waals surface area contributed by atoms with E-state index in [1.54, 1.807) is 0 Å². The lowest BCUT2D eigenvalue weighted by Gasteiger charge is -1.93. The summed E-state index contributed by atoms with van der Waals surface area (Å²) in [6.45, 7) is 4.47. The second-order valence-corrected chi connectivity index (χ2v) is 4.16. The zero-order valence-corrected chi connectivity index (χ0v) is 10.7. The van der Waals surface area contributed by atoms with Crippen LogP contribution in [0.15, 0.2) is 24.3 Å². The molecular weight excluding hydrogens is 180 g/mol. The van der Waals surface area contributed by atoms with Crippen molar-refractivity contribution >= 4 is 0 Å². The van der Waals surface area contributed by atoms with Crippen molar-refractivity contribution in [2.45, 2.75) is 71.6 Å². The fraction of sp³-hybridized carbons (Fsp3) is 0.733. The molecule has 0 heteroatoms. The van der Waals surface area contributed by atoms with Crippen molar-refractivity contribution in [3.8, 4) is 0 Å². The number of unbranched alkanes of at least 4 members (excludes halogenated alkanes) is 6. The summed E-state index contributed by atoms with van der Waals surface area (Å²) in [6.07, 6.45) is 21.0. The lowest BCUT2D eigenvalue weighted by Crippen LogP contribution is -1.73. The molecule has 0 N–H and O–H groups in total. The summed E-state index contributed by atoms with van der Waals surface area (Å²) in [7, 11) is 0. The maximum atomic E-state index is 2.35. The van der Waals surface area contributed by atoms with Gasteiger partial charge in [0.25, 0.3) is 0 Å². The molecule has 0 nitrogen and oxygen atoms in total. The average Bonchev–Trinajstić information content (AvgIpc) is 2.26. The molecule has 0 bridgehead atoms. The maximum Gasteiger partial charge on any atom is -0.0351 e. The lowest BCUT2D eigenvalue weighted by molar-refractivity contribution is 0.754. The van der Waals surface area contributed by atoms with Gasteiger partial charge in [-0.15, -0.1) is 0 Å². The fourth-order valence-electron chi connectivity index (χ4n) is 1.48. The number of rotatable bonds is 10. The van der Waals surface area contributed by atoms with Crippen LogP contribution in [0.1, 0.15) is 71.6 Å². The fourth-order valence-corrected chi connectivity index (χ4v) is 1.48. The van der Waals surface area contributed by atoms with Crippen LogP contribution in [0.3, 0.4) is 0 Å². The van der Waals surface area contributed by atoms with Crippen LogP contribution in [-0.2, 0) is 0 Å². The SMILES string of the molecule is CCC/C=C/CCCC/C=C/CCCC. The van der Waals surface area contributed by atoms with Crippen molar-refractivity contribution in [2.75, 3.05) is 0 Å². The van der Waals surface area contributed by atoms with Crippen LogP contribution in [0.4, 0.5) is 0 Å². The van der Waals surface area contributed by atoms with Crippen molar-refractivity contribution < 1.29 is 0 Å². The van der Waals surface area contributed by atoms with E-state index >= 15 is 0 Å². The zero-order valence-electron chi connectivity index (χ0n) is 10.7. The molecule has 0 atom stereocenters. The van der Waals surface area contributed by atoms with Gasteiger partial charge in [0.15, 0.2) is 0 Å². The highest BCUT2D eigenvalue weighted by Gasteiger charge is 1.84. The van der Waals surface area contributed by atoms with Gasteiger partial charge in [0.05, 0.1) is 0 Å². The van der Waals surface area contributed by atoms with Crippen molar-refractivity contribution in [2.24, 2.45) is 0 Å². The van der Waals surface area contributed by atoms with Crippen LogP contribution < -0.4 is 0 Å². The van der Waals surface area contributed by atoms with E-state index in [1.165, 1.54) is 57.8 Å². The first-order chi connectivity index (χ1) is 7.41. The molecule has 0 amide bonds. The van der Waals surface area contributed by atoms with Crippen molar-refractivity contribution in [3.05, 3.63) is 24.3 Å². The Morgan fingerprint density at radius 2 is 1.00 bits per heavy atom. The quantitative estimate of drug-likeness (QED) is 0.321. The van der Waals surface area contributed by atoms with E-state index in [0.29, 0.717) is 0 Å². The Morgan fingerprint density at radius 1 is 0.533 bits per heavy atom. The van der Waals surface area contributed by atoms with Crippen LogP contribution in [0.25, 0.3) is 0 Å². The Hall–Kier alpha value is -0.520. The molecule has 0 aliphatic rings. The van der Waals surface area contributed by atoms with Gasteiger partial charge >= 0.3 is 0 Å².